The highest BCUT2D eigenvalue weighted by molar-refractivity contribution is 6.31. The van der Waals surface area contributed by atoms with Crippen LogP contribution in [0.2, 0.25) is 5.02 Å². The molecule has 0 radical (unpaired) electrons. The second-order valence-corrected chi connectivity index (χ2v) is 7.92. The molecule has 2 aromatic carbocycles. The Morgan fingerprint density at radius 1 is 1.17 bits per heavy atom. The quantitative estimate of drug-likeness (QED) is 0.433. The number of amides is 1. The van der Waals surface area contributed by atoms with Gasteiger partial charge in [0, 0.05) is 10.6 Å². The van der Waals surface area contributed by atoms with E-state index in [9.17, 15) is 9.18 Å². The fourth-order valence-electron chi connectivity index (χ4n) is 3.17. The molecule has 3 rings (SSSR count). The number of aryl methyl sites for hydroxylation is 1. The lowest BCUT2D eigenvalue weighted by atomic mass is 10.0. The summed E-state index contributed by atoms with van der Waals surface area (Å²) in [5.41, 5.74) is 2.34. The van der Waals surface area contributed by atoms with Crippen molar-refractivity contribution in [3.8, 4) is 5.75 Å². The van der Waals surface area contributed by atoms with Crippen molar-refractivity contribution in [2.45, 2.75) is 39.8 Å². The van der Waals surface area contributed by atoms with Crippen LogP contribution >= 0.6 is 11.6 Å². The van der Waals surface area contributed by atoms with Gasteiger partial charge in [-0.2, -0.15) is 0 Å². The fraction of sp³-hybridized carbons (Fsp3) is 0.292. The molecule has 1 amide bonds. The summed E-state index contributed by atoms with van der Waals surface area (Å²) in [5.74, 6) is 0.782. The highest BCUT2D eigenvalue weighted by Crippen LogP contribution is 2.28. The topological polar surface area (TPSA) is 42.7 Å². The number of benzene rings is 2. The van der Waals surface area contributed by atoms with Crippen LogP contribution in [0.25, 0.3) is 0 Å². The summed E-state index contributed by atoms with van der Waals surface area (Å²) in [7, 11) is 0. The van der Waals surface area contributed by atoms with Gasteiger partial charge in [-0.15, -0.1) is 0 Å². The molecule has 0 spiro atoms. The first kappa shape index (κ1) is 21.9. The molecule has 4 nitrogen and oxygen atoms in total. The van der Waals surface area contributed by atoms with Crippen molar-refractivity contribution >= 4 is 17.5 Å². The third-order valence-corrected chi connectivity index (χ3v) is 5.19. The maximum atomic E-state index is 14.3. The van der Waals surface area contributed by atoms with Crippen LogP contribution in [0.3, 0.4) is 0 Å². The van der Waals surface area contributed by atoms with Crippen molar-refractivity contribution in [3.63, 3.8) is 0 Å². The zero-order valence-corrected chi connectivity index (χ0v) is 18.1. The zero-order valence-electron chi connectivity index (χ0n) is 17.3. The molecule has 1 heterocycles. The normalized spacial score (nSPS) is 11.0. The van der Waals surface area contributed by atoms with Gasteiger partial charge in [0.05, 0.1) is 19.4 Å². The summed E-state index contributed by atoms with van der Waals surface area (Å²) in [6.07, 6.45) is 1.53. The van der Waals surface area contributed by atoms with Crippen LogP contribution in [0.15, 0.2) is 59.2 Å². The van der Waals surface area contributed by atoms with E-state index in [2.05, 4.69) is 13.8 Å². The standard InChI is InChI=1S/C24H25ClFNO3/c1-16(2)19-10-9-17(3)12-23(19)30-15-24(28)27(13-18-6-5-11-29-18)14-20-21(25)7-4-8-22(20)26/h4-12,16H,13-15H2,1-3H3. The molecule has 0 fully saturated rings. The molecule has 30 heavy (non-hydrogen) atoms. The van der Waals surface area contributed by atoms with Crippen LogP contribution in [0.4, 0.5) is 4.39 Å². The first-order valence-corrected chi connectivity index (χ1v) is 10.2. The lowest BCUT2D eigenvalue weighted by Crippen LogP contribution is -2.34. The monoisotopic (exact) mass is 429 g/mol. The second-order valence-electron chi connectivity index (χ2n) is 7.51. The van der Waals surface area contributed by atoms with E-state index in [1.54, 1.807) is 18.2 Å². The molecule has 3 aromatic rings. The number of furan rings is 1. The van der Waals surface area contributed by atoms with Crippen LogP contribution in [0.1, 0.15) is 42.2 Å². The smallest absolute Gasteiger partial charge is 0.261 e. The van der Waals surface area contributed by atoms with E-state index < -0.39 is 5.82 Å². The summed E-state index contributed by atoms with van der Waals surface area (Å²) in [5, 5.41) is 0.272. The van der Waals surface area contributed by atoms with Crippen molar-refractivity contribution < 1.29 is 18.3 Å². The molecule has 0 aliphatic rings. The van der Waals surface area contributed by atoms with Gasteiger partial charge in [0.2, 0.25) is 0 Å². The molecule has 0 saturated heterocycles. The van der Waals surface area contributed by atoms with Gasteiger partial charge in [-0.1, -0.05) is 43.6 Å². The Kier molecular flexibility index (Phi) is 7.16. The molecule has 6 heteroatoms. The molecular formula is C24H25ClFNO3. The number of carbonyl (C=O) groups excluding carboxylic acids is 1. The minimum Gasteiger partial charge on any atom is -0.483 e. The van der Waals surface area contributed by atoms with Crippen LogP contribution in [0, 0.1) is 12.7 Å². The summed E-state index contributed by atoms with van der Waals surface area (Å²) >= 11 is 6.17. The van der Waals surface area contributed by atoms with Crippen LogP contribution in [-0.4, -0.2) is 17.4 Å². The summed E-state index contributed by atoms with van der Waals surface area (Å²) < 4.78 is 25.6. The maximum Gasteiger partial charge on any atom is 0.261 e. The Hall–Kier alpha value is -2.79. The van der Waals surface area contributed by atoms with Gasteiger partial charge in [0.1, 0.15) is 17.3 Å². The Balaban J connectivity index is 1.80. The van der Waals surface area contributed by atoms with Gasteiger partial charge in [-0.3, -0.25) is 4.79 Å². The minimum absolute atomic E-state index is 0.0131. The van der Waals surface area contributed by atoms with Crippen molar-refractivity contribution in [2.75, 3.05) is 6.61 Å². The first-order valence-electron chi connectivity index (χ1n) is 9.81. The van der Waals surface area contributed by atoms with Crippen LogP contribution in [-0.2, 0) is 17.9 Å². The molecule has 0 N–H and O–H groups in total. The average molecular weight is 430 g/mol. The number of nitrogens with zero attached hydrogens (tertiary/aromatic N) is 1. The Morgan fingerprint density at radius 2 is 1.97 bits per heavy atom. The van der Waals surface area contributed by atoms with Crippen LogP contribution < -0.4 is 4.74 Å². The molecule has 158 valence electrons. The molecule has 0 aliphatic carbocycles. The Labute approximate surface area is 181 Å². The van der Waals surface area contributed by atoms with E-state index in [0.717, 1.165) is 11.1 Å². The largest absolute Gasteiger partial charge is 0.483 e. The molecule has 0 unspecified atom stereocenters. The number of ether oxygens (including phenoxy) is 1. The van der Waals surface area contributed by atoms with Crippen LogP contribution in [0.5, 0.6) is 5.75 Å². The lowest BCUT2D eigenvalue weighted by molar-refractivity contribution is -0.135. The Bertz CT molecular complexity index is 981. The van der Waals surface area contributed by atoms with E-state index in [1.165, 1.54) is 23.3 Å². The molecule has 0 saturated carbocycles. The Morgan fingerprint density at radius 3 is 2.63 bits per heavy atom. The van der Waals surface area contributed by atoms with Gasteiger partial charge in [0.25, 0.3) is 5.91 Å². The molecule has 0 aliphatic heterocycles. The summed E-state index contributed by atoms with van der Waals surface area (Å²) in [4.78, 5) is 14.5. The predicted octanol–water partition coefficient (Wildman–Crippen LogP) is 6.11. The van der Waals surface area contributed by atoms with E-state index in [0.29, 0.717) is 11.5 Å². The number of rotatable bonds is 8. The van der Waals surface area contributed by atoms with Crippen molar-refractivity contribution in [3.05, 3.63) is 88.1 Å². The molecule has 1 aromatic heterocycles. The highest BCUT2D eigenvalue weighted by atomic mass is 35.5. The summed E-state index contributed by atoms with van der Waals surface area (Å²) in [6, 6.07) is 13.9. The molecule has 0 bridgehead atoms. The van der Waals surface area contributed by atoms with Crippen molar-refractivity contribution in [1.29, 1.82) is 0 Å². The third-order valence-electron chi connectivity index (χ3n) is 4.83. The minimum atomic E-state index is -0.457. The van der Waals surface area contributed by atoms with E-state index in [4.69, 9.17) is 20.8 Å². The van der Waals surface area contributed by atoms with E-state index in [1.807, 2.05) is 25.1 Å². The highest BCUT2D eigenvalue weighted by Gasteiger charge is 2.20. The number of carbonyl (C=O) groups is 1. The predicted molar refractivity (Wildman–Crippen MR) is 115 cm³/mol. The lowest BCUT2D eigenvalue weighted by Gasteiger charge is -2.23. The maximum absolute atomic E-state index is 14.3. The van der Waals surface area contributed by atoms with Gasteiger partial charge < -0.3 is 14.1 Å². The van der Waals surface area contributed by atoms with Crippen molar-refractivity contribution in [1.82, 2.24) is 4.90 Å². The molecular weight excluding hydrogens is 405 g/mol. The number of hydrogen-bond donors (Lipinski definition) is 0. The number of halogens is 2. The average Bonchev–Trinajstić information content (AvgIpc) is 3.21. The zero-order chi connectivity index (χ0) is 21.7. The van der Waals surface area contributed by atoms with Gasteiger partial charge in [-0.05, 0) is 54.3 Å². The third kappa shape index (κ3) is 5.42. The second kappa shape index (κ2) is 9.81. The summed E-state index contributed by atoms with van der Waals surface area (Å²) in [6.45, 7) is 6.15. The fourth-order valence-corrected chi connectivity index (χ4v) is 3.39. The van der Waals surface area contributed by atoms with Crippen molar-refractivity contribution in [2.24, 2.45) is 0 Å². The van der Waals surface area contributed by atoms with Gasteiger partial charge in [-0.25, -0.2) is 4.39 Å². The SMILES string of the molecule is Cc1ccc(C(C)C)c(OCC(=O)N(Cc2ccco2)Cc2c(F)cccc2Cl)c1. The first-order chi connectivity index (χ1) is 14.3. The van der Waals surface area contributed by atoms with E-state index >= 15 is 0 Å². The van der Waals surface area contributed by atoms with Gasteiger partial charge in [0.15, 0.2) is 6.61 Å². The van der Waals surface area contributed by atoms with E-state index in [-0.39, 0.29) is 42.1 Å². The van der Waals surface area contributed by atoms with Gasteiger partial charge >= 0.3 is 0 Å². The molecule has 0 atom stereocenters. The number of hydrogen-bond acceptors (Lipinski definition) is 3.